The number of fused-ring (bicyclic) bond motifs is 1. The van der Waals surface area contributed by atoms with Crippen LogP contribution in [0.2, 0.25) is 0 Å². The summed E-state index contributed by atoms with van der Waals surface area (Å²) < 4.78 is 0. The highest BCUT2D eigenvalue weighted by atomic mass is 14.2. The van der Waals surface area contributed by atoms with Crippen LogP contribution in [0.15, 0.2) is 48.5 Å². The minimum atomic E-state index is 1.07. The molecule has 1 aromatic rings. The van der Waals surface area contributed by atoms with Crippen LogP contribution >= 0.6 is 0 Å². The summed E-state index contributed by atoms with van der Waals surface area (Å²) in [6.45, 7) is 0. The summed E-state index contributed by atoms with van der Waals surface area (Å²) in [5.74, 6) is 0. The summed E-state index contributed by atoms with van der Waals surface area (Å²) in [4.78, 5) is 0. The lowest BCUT2D eigenvalue weighted by molar-refractivity contribution is 1.21. The van der Waals surface area contributed by atoms with Crippen molar-refractivity contribution in [1.29, 1.82) is 0 Å². The van der Waals surface area contributed by atoms with Gasteiger partial charge >= 0.3 is 0 Å². The molecule has 0 aromatic heterocycles. The van der Waals surface area contributed by atoms with Crippen LogP contribution in [0.1, 0.15) is 11.1 Å². The first kappa shape index (κ1) is 6.90. The van der Waals surface area contributed by atoms with Gasteiger partial charge in [-0.1, -0.05) is 42.5 Å². The Morgan fingerprint density at radius 1 is 0.692 bits per heavy atom. The SMILES string of the molecule is c1ccc(Cc2cc3cc-3c2)cc1. The summed E-state index contributed by atoms with van der Waals surface area (Å²) in [5, 5.41) is 0. The second kappa shape index (κ2) is 2.46. The first-order chi connectivity index (χ1) is 6.42. The lowest BCUT2D eigenvalue weighted by Crippen LogP contribution is -1.83. The Balaban J connectivity index is 1.86. The molecule has 2 aliphatic carbocycles. The van der Waals surface area contributed by atoms with Gasteiger partial charge in [0.1, 0.15) is 0 Å². The molecule has 0 aliphatic heterocycles. The highest BCUT2D eigenvalue weighted by Gasteiger charge is 2.13. The molecule has 0 heterocycles. The van der Waals surface area contributed by atoms with E-state index in [2.05, 4.69) is 48.5 Å². The molecule has 0 N–H and O–H groups in total. The third kappa shape index (κ3) is 1.25. The molecule has 3 rings (SSSR count). The predicted octanol–water partition coefficient (Wildman–Crippen LogP) is 3.26. The second-order valence-electron chi connectivity index (χ2n) is 3.58. The van der Waals surface area contributed by atoms with Gasteiger partial charge in [-0.15, -0.1) is 0 Å². The van der Waals surface area contributed by atoms with E-state index in [4.69, 9.17) is 0 Å². The average Bonchev–Trinajstić information content (AvgIpc) is 2.76. The highest BCUT2D eigenvalue weighted by molar-refractivity contribution is 5.82. The zero-order valence-electron chi connectivity index (χ0n) is 7.33. The van der Waals surface area contributed by atoms with Crippen LogP contribution in [0.3, 0.4) is 0 Å². The van der Waals surface area contributed by atoms with Crippen molar-refractivity contribution in [2.24, 2.45) is 0 Å². The van der Waals surface area contributed by atoms with E-state index in [1.54, 1.807) is 0 Å². The van der Waals surface area contributed by atoms with Crippen LogP contribution in [-0.4, -0.2) is 0 Å². The van der Waals surface area contributed by atoms with Crippen molar-refractivity contribution in [2.45, 2.75) is 6.42 Å². The largest absolute Gasteiger partial charge is 0.0622 e. The van der Waals surface area contributed by atoms with Gasteiger partial charge in [0.25, 0.3) is 0 Å². The molecule has 0 atom stereocenters. The molecule has 1 aromatic carbocycles. The summed E-state index contributed by atoms with van der Waals surface area (Å²) in [5.41, 5.74) is 5.71. The Hall–Kier alpha value is -1.56. The number of hydrogen-bond acceptors (Lipinski definition) is 0. The van der Waals surface area contributed by atoms with Gasteiger partial charge in [0.2, 0.25) is 0 Å². The molecule has 0 fully saturated rings. The summed E-state index contributed by atoms with van der Waals surface area (Å²) in [7, 11) is 0. The summed E-state index contributed by atoms with van der Waals surface area (Å²) >= 11 is 0. The van der Waals surface area contributed by atoms with Crippen LogP contribution < -0.4 is 0 Å². The predicted molar refractivity (Wildman–Crippen MR) is 54.7 cm³/mol. The Bertz CT molecular complexity index is 421. The zero-order chi connectivity index (χ0) is 8.67. The molecule has 2 aliphatic rings. The maximum atomic E-state index is 2.28. The van der Waals surface area contributed by atoms with E-state index < -0.39 is 0 Å². The lowest BCUT2D eigenvalue weighted by atomic mass is 10.1. The molecular weight excluding hydrogens is 156 g/mol. The fourth-order valence-electron chi connectivity index (χ4n) is 1.76. The van der Waals surface area contributed by atoms with Crippen molar-refractivity contribution in [3.05, 3.63) is 59.7 Å². The van der Waals surface area contributed by atoms with Crippen LogP contribution in [0.4, 0.5) is 0 Å². The average molecular weight is 166 g/mol. The molecule has 0 unspecified atom stereocenters. The van der Waals surface area contributed by atoms with Crippen LogP contribution in [0, 0.1) is 0 Å². The highest BCUT2D eigenvalue weighted by Crippen LogP contribution is 2.36. The maximum Gasteiger partial charge on any atom is -0.00253 e. The number of benzene rings is 2. The smallest absolute Gasteiger partial charge is 0.00253 e. The second-order valence-corrected chi connectivity index (χ2v) is 3.58. The fourth-order valence-corrected chi connectivity index (χ4v) is 1.76. The van der Waals surface area contributed by atoms with Crippen molar-refractivity contribution in [3.8, 4) is 11.1 Å². The van der Waals surface area contributed by atoms with E-state index in [0.29, 0.717) is 0 Å². The van der Waals surface area contributed by atoms with Crippen molar-refractivity contribution in [3.63, 3.8) is 0 Å². The van der Waals surface area contributed by atoms with Gasteiger partial charge in [-0.25, -0.2) is 0 Å². The van der Waals surface area contributed by atoms with Crippen LogP contribution in [0.5, 0.6) is 0 Å². The van der Waals surface area contributed by atoms with E-state index >= 15 is 0 Å². The Labute approximate surface area is 77.8 Å². The molecule has 0 bridgehead atoms. The monoisotopic (exact) mass is 166 g/mol. The molecule has 0 radical (unpaired) electrons. The zero-order valence-corrected chi connectivity index (χ0v) is 7.33. The van der Waals surface area contributed by atoms with Crippen molar-refractivity contribution in [1.82, 2.24) is 0 Å². The Morgan fingerprint density at radius 2 is 1.38 bits per heavy atom. The summed E-state index contributed by atoms with van der Waals surface area (Å²) in [6.07, 6.45) is 1.07. The van der Waals surface area contributed by atoms with Gasteiger partial charge in [-0.05, 0) is 34.7 Å². The molecule has 0 heteroatoms. The van der Waals surface area contributed by atoms with Crippen molar-refractivity contribution >= 4 is 0 Å². The molecule has 0 saturated heterocycles. The fraction of sp³-hybridized carbons (Fsp3) is 0.0769. The number of hydrogen-bond donors (Lipinski definition) is 0. The molecule has 0 spiro atoms. The third-order valence-electron chi connectivity index (χ3n) is 2.49. The van der Waals surface area contributed by atoms with E-state index in [0.717, 1.165) is 6.42 Å². The van der Waals surface area contributed by atoms with Crippen molar-refractivity contribution in [2.75, 3.05) is 0 Å². The Kier molecular flexibility index (Phi) is 1.31. The van der Waals surface area contributed by atoms with Gasteiger partial charge in [-0.2, -0.15) is 0 Å². The van der Waals surface area contributed by atoms with Gasteiger partial charge < -0.3 is 0 Å². The van der Waals surface area contributed by atoms with Gasteiger partial charge in [0, 0.05) is 0 Å². The van der Waals surface area contributed by atoms with E-state index in [-0.39, 0.29) is 0 Å². The normalized spacial score (nSPS) is 11.4. The molecule has 13 heavy (non-hydrogen) atoms. The molecular formula is C13H10. The van der Waals surface area contributed by atoms with Crippen LogP contribution in [0.25, 0.3) is 11.1 Å². The topological polar surface area (TPSA) is 0 Å². The molecule has 62 valence electrons. The van der Waals surface area contributed by atoms with Crippen molar-refractivity contribution < 1.29 is 0 Å². The van der Waals surface area contributed by atoms with Crippen LogP contribution in [-0.2, 0) is 6.42 Å². The van der Waals surface area contributed by atoms with Gasteiger partial charge in [0.05, 0.1) is 0 Å². The van der Waals surface area contributed by atoms with Gasteiger partial charge in [-0.3, -0.25) is 0 Å². The van der Waals surface area contributed by atoms with E-state index in [1.807, 2.05) is 0 Å². The summed E-state index contributed by atoms with van der Waals surface area (Å²) in [6, 6.07) is 17.4. The van der Waals surface area contributed by atoms with E-state index in [1.165, 1.54) is 22.3 Å². The molecule has 0 amide bonds. The lowest BCUT2D eigenvalue weighted by Gasteiger charge is -1.97. The maximum absolute atomic E-state index is 2.28. The minimum Gasteiger partial charge on any atom is -0.0622 e. The molecule has 0 saturated carbocycles. The first-order valence-electron chi connectivity index (χ1n) is 4.60. The third-order valence-corrected chi connectivity index (χ3v) is 2.49. The number of rotatable bonds is 2. The quantitative estimate of drug-likeness (QED) is 0.548. The molecule has 0 nitrogen and oxygen atoms in total. The van der Waals surface area contributed by atoms with E-state index in [9.17, 15) is 0 Å². The standard InChI is InChI=1S/C13H10/c1-2-4-10(5-3-1)6-11-7-12-9-13(12)8-11/h1-5,7-9H,6H2. The Morgan fingerprint density at radius 3 is 2.08 bits per heavy atom. The first-order valence-corrected chi connectivity index (χ1v) is 4.60. The van der Waals surface area contributed by atoms with Gasteiger partial charge in [0.15, 0.2) is 0 Å². The minimum absolute atomic E-state index is 1.07.